The highest BCUT2D eigenvalue weighted by atomic mass is 16.7. The molecule has 1 unspecified atom stereocenters. The van der Waals surface area contributed by atoms with Crippen molar-refractivity contribution in [3.63, 3.8) is 0 Å². The van der Waals surface area contributed by atoms with Crippen LogP contribution in [0.2, 0.25) is 0 Å². The van der Waals surface area contributed by atoms with Crippen molar-refractivity contribution >= 4 is 0 Å². The van der Waals surface area contributed by atoms with Gasteiger partial charge < -0.3 is 35.0 Å². The fourth-order valence-electron chi connectivity index (χ4n) is 1.36. The van der Waals surface area contributed by atoms with Crippen molar-refractivity contribution in [1.29, 1.82) is 0 Å². The van der Waals surface area contributed by atoms with Crippen LogP contribution in [0.4, 0.5) is 0 Å². The molecule has 1 aliphatic rings. The molecule has 84 valence electrons. The van der Waals surface area contributed by atoms with Gasteiger partial charge in [0.2, 0.25) is 5.79 Å². The molecule has 0 aromatic carbocycles. The fourth-order valence-corrected chi connectivity index (χ4v) is 1.36. The molecule has 0 aromatic rings. The van der Waals surface area contributed by atoms with Gasteiger partial charge in [-0.05, 0) is 0 Å². The number of methoxy groups -OCH3 is 1. The zero-order chi connectivity index (χ0) is 10.9. The van der Waals surface area contributed by atoms with Crippen LogP contribution in [0.15, 0.2) is 0 Å². The second kappa shape index (κ2) is 4.07. The van der Waals surface area contributed by atoms with E-state index in [1.165, 1.54) is 0 Å². The summed E-state index contributed by atoms with van der Waals surface area (Å²) in [6.45, 7) is -0.614. The van der Waals surface area contributed by atoms with E-state index in [0.717, 1.165) is 7.11 Å². The van der Waals surface area contributed by atoms with Gasteiger partial charge in [-0.3, -0.25) is 0 Å². The highest BCUT2D eigenvalue weighted by Gasteiger charge is 2.55. The van der Waals surface area contributed by atoms with Gasteiger partial charge in [0, 0.05) is 7.11 Å². The summed E-state index contributed by atoms with van der Waals surface area (Å²) >= 11 is 0. The zero-order valence-electron chi connectivity index (χ0n) is 7.57. The van der Waals surface area contributed by atoms with Gasteiger partial charge in [0.1, 0.15) is 12.2 Å². The summed E-state index contributed by atoms with van der Waals surface area (Å²) in [6, 6.07) is 0. The van der Waals surface area contributed by atoms with Crippen molar-refractivity contribution in [3.05, 3.63) is 0 Å². The molecule has 0 spiro atoms. The van der Waals surface area contributed by atoms with Crippen LogP contribution in [0.3, 0.4) is 0 Å². The molecule has 7 heteroatoms. The second-order valence-corrected chi connectivity index (χ2v) is 3.09. The highest BCUT2D eigenvalue weighted by molar-refractivity contribution is 4.95. The van der Waals surface area contributed by atoms with Crippen LogP contribution in [-0.2, 0) is 9.47 Å². The van der Waals surface area contributed by atoms with E-state index in [9.17, 15) is 15.3 Å². The van der Waals surface area contributed by atoms with Crippen LogP contribution in [0.25, 0.3) is 0 Å². The summed E-state index contributed by atoms with van der Waals surface area (Å²) in [5.41, 5.74) is 0. The van der Waals surface area contributed by atoms with Crippen LogP contribution in [0.1, 0.15) is 0 Å². The molecule has 1 rings (SSSR count). The predicted molar refractivity (Wildman–Crippen MR) is 41.9 cm³/mol. The van der Waals surface area contributed by atoms with E-state index < -0.39 is 37.0 Å². The van der Waals surface area contributed by atoms with Crippen molar-refractivity contribution in [2.75, 3.05) is 13.7 Å². The van der Waals surface area contributed by atoms with Gasteiger partial charge in [0.25, 0.3) is 0 Å². The maximum atomic E-state index is 9.62. The molecular weight excluding hydrogens is 196 g/mol. The van der Waals surface area contributed by atoms with E-state index in [4.69, 9.17) is 10.2 Å². The maximum absolute atomic E-state index is 9.62. The molecule has 1 aliphatic heterocycles. The van der Waals surface area contributed by atoms with Gasteiger partial charge in [-0.1, -0.05) is 0 Å². The van der Waals surface area contributed by atoms with Gasteiger partial charge in [-0.25, -0.2) is 0 Å². The summed E-state index contributed by atoms with van der Waals surface area (Å²) in [4.78, 5) is 0. The number of aliphatic hydroxyl groups excluding tert-OH is 4. The Bertz CT molecular complexity index is 198. The molecular formula is C7H14O7. The Morgan fingerprint density at radius 2 is 1.86 bits per heavy atom. The third kappa shape index (κ3) is 1.63. The van der Waals surface area contributed by atoms with E-state index in [-0.39, 0.29) is 0 Å². The number of rotatable bonds is 2. The van der Waals surface area contributed by atoms with E-state index in [1.807, 2.05) is 0 Å². The van der Waals surface area contributed by atoms with Gasteiger partial charge in [0.15, 0.2) is 12.4 Å². The average Bonchev–Trinajstić information content (AvgIpc) is 2.20. The van der Waals surface area contributed by atoms with E-state index in [1.54, 1.807) is 0 Å². The van der Waals surface area contributed by atoms with Crippen molar-refractivity contribution in [2.45, 2.75) is 30.4 Å². The number of aliphatic hydroxyl groups is 5. The fraction of sp³-hybridized carbons (Fsp3) is 1.00. The molecule has 0 radical (unpaired) electrons. The lowest BCUT2D eigenvalue weighted by Gasteiger charge is -2.44. The lowest BCUT2D eigenvalue weighted by molar-refractivity contribution is -0.387. The first-order valence-corrected chi connectivity index (χ1v) is 4.05. The van der Waals surface area contributed by atoms with Crippen molar-refractivity contribution in [1.82, 2.24) is 0 Å². The molecule has 1 fully saturated rings. The van der Waals surface area contributed by atoms with Gasteiger partial charge in [-0.15, -0.1) is 0 Å². The standard InChI is InChI=1S/C7H14O7/c1-13-7(12)4(9)3(2-8)14-6(11)5(7)10/h3-6,8-12H,2H2,1H3/t3-,4+,5+,6?,7-/m1/s1. The van der Waals surface area contributed by atoms with Crippen molar-refractivity contribution in [3.8, 4) is 0 Å². The Morgan fingerprint density at radius 1 is 1.29 bits per heavy atom. The molecule has 5 atom stereocenters. The lowest BCUT2D eigenvalue weighted by atomic mass is 9.95. The second-order valence-electron chi connectivity index (χ2n) is 3.09. The van der Waals surface area contributed by atoms with Gasteiger partial charge >= 0.3 is 0 Å². The molecule has 0 saturated carbocycles. The Kier molecular flexibility index (Phi) is 3.43. The molecule has 0 amide bonds. The Balaban J connectivity index is 2.89. The monoisotopic (exact) mass is 210 g/mol. The van der Waals surface area contributed by atoms with Crippen LogP contribution in [0, 0.1) is 0 Å². The quantitative estimate of drug-likeness (QED) is 0.304. The largest absolute Gasteiger partial charge is 0.394 e. The summed E-state index contributed by atoms with van der Waals surface area (Å²) in [7, 11) is 1.05. The third-order valence-corrected chi connectivity index (χ3v) is 2.29. The van der Waals surface area contributed by atoms with Crippen LogP contribution < -0.4 is 0 Å². The molecule has 1 heterocycles. The van der Waals surface area contributed by atoms with Crippen LogP contribution in [0.5, 0.6) is 0 Å². The first kappa shape index (κ1) is 11.8. The number of ether oxygens (including phenoxy) is 2. The third-order valence-electron chi connectivity index (χ3n) is 2.29. The minimum Gasteiger partial charge on any atom is -0.394 e. The average molecular weight is 210 g/mol. The van der Waals surface area contributed by atoms with E-state index in [0.29, 0.717) is 0 Å². The Labute approximate surface area is 80.1 Å². The number of hydrogen-bond acceptors (Lipinski definition) is 7. The molecule has 14 heavy (non-hydrogen) atoms. The number of hydrogen-bond donors (Lipinski definition) is 5. The smallest absolute Gasteiger partial charge is 0.226 e. The molecule has 5 N–H and O–H groups in total. The molecule has 7 nitrogen and oxygen atoms in total. The van der Waals surface area contributed by atoms with Gasteiger partial charge in [0.05, 0.1) is 6.61 Å². The SMILES string of the molecule is CO[C@@]1(O)[C@@H](O)C(O)O[C@H](CO)[C@@H]1O. The first-order chi connectivity index (χ1) is 6.47. The maximum Gasteiger partial charge on any atom is 0.226 e. The lowest BCUT2D eigenvalue weighted by Crippen LogP contribution is -2.67. The van der Waals surface area contributed by atoms with Crippen molar-refractivity contribution < 1.29 is 35.0 Å². The summed E-state index contributed by atoms with van der Waals surface area (Å²) in [6.07, 6.45) is -6.37. The van der Waals surface area contributed by atoms with Gasteiger partial charge in [-0.2, -0.15) is 0 Å². The van der Waals surface area contributed by atoms with E-state index in [2.05, 4.69) is 9.47 Å². The predicted octanol–water partition coefficient (Wildman–Crippen LogP) is -3.25. The van der Waals surface area contributed by atoms with Crippen LogP contribution >= 0.6 is 0 Å². The summed E-state index contributed by atoms with van der Waals surface area (Å²) < 4.78 is 9.13. The molecule has 0 aliphatic carbocycles. The zero-order valence-corrected chi connectivity index (χ0v) is 7.57. The molecule has 0 aromatic heterocycles. The first-order valence-electron chi connectivity index (χ1n) is 4.05. The Hall–Kier alpha value is -0.280. The Morgan fingerprint density at radius 3 is 2.29 bits per heavy atom. The van der Waals surface area contributed by atoms with E-state index >= 15 is 0 Å². The molecule has 0 bridgehead atoms. The minimum absolute atomic E-state index is 0.614. The minimum atomic E-state index is -2.34. The highest BCUT2D eigenvalue weighted by Crippen LogP contribution is 2.29. The topological polar surface area (TPSA) is 120 Å². The van der Waals surface area contributed by atoms with Crippen LogP contribution in [-0.4, -0.2) is 69.6 Å². The summed E-state index contributed by atoms with van der Waals surface area (Å²) in [5, 5.41) is 46.2. The summed E-state index contributed by atoms with van der Waals surface area (Å²) in [5.74, 6) is -2.34. The normalized spacial score (nSPS) is 49.3. The van der Waals surface area contributed by atoms with Crippen molar-refractivity contribution in [2.24, 2.45) is 0 Å². The molecule has 1 saturated heterocycles.